The van der Waals surface area contributed by atoms with E-state index < -0.39 is 27.2 Å². The molecule has 2 saturated carbocycles. The number of hydrogen-bond donors (Lipinski definition) is 1. The zero-order chi connectivity index (χ0) is 15.6. The van der Waals surface area contributed by atoms with Crippen LogP contribution in [0.1, 0.15) is 52.4 Å². The third kappa shape index (κ3) is 3.42. The average molecular weight is 317 g/mol. The fraction of sp³-hybridized carbons (Fsp3) is 0.933. The second kappa shape index (κ2) is 6.65. The molecular weight excluding hydrogens is 290 g/mol. The molecule has 2 rings (SSSR count). The molecule has 0 saturated heterocycles. The van der Waals surface area contributed by atoms with Crippen LogP contribution in [0.2, 0.25) is 0 Å². The van der Waals surface area contributed by atoms with Crippen LogP contribution >= 0.6 is 0 Å². The first-order valence-electron chi connectivity index (χ1n) is 7.99. The molecule has 0 amide bonds. The minimum Gasteiger partial charge on any atom is -0.469 e. The van der Waals surface area contributed by atoms with Gasteiger partial charge in [-0.1, -0.05) is 26.7 Å². The molecule has 5 nitrogen and oxygen atoms in total. The first-order chi connectivity index (χ1) is 9.90. The SMILES string of the molecule is CCC1CCC(NS(=O)(=O)C2CCCC2C(=O)OC)C1C. The summed E-state index contributed by atoms with van der Waals surface area (Å²) in [6, 6.07) is 0.0128. The van der Waals surface area contributed by atoms with Gasteiger partial charge in [0.1, 0.15) is 0 Å². The molecule has 0 spiro atoms. The molecule has 0 radical (unpaired) electrons. The van der Waals surface area contributed by atoms with Gasteiger partial charge >= 0.3 is 5.97 Å². The lowest BCUT2D eigenvalue weighted by atomic mass is 9.94. The van der Waals surface area contributed by atoms with E-state index >= 15 is 0 Å². The Morgan fingerprint density at radius 2 is 1.95 bits per heavy atom. The monoisotopic (exact) mass is 317 g/mol. The summed E-state index contributed by atoms with van der Waals surface area (Å²) in [7, 11) is -2.14. The predicted molar refractivity (Wildman–Crippen MR) is 81.2 cm³/mol. The van der Waals surface area contributed by atoms with Gasteiger partial charge in [0.15, 0.2) is 0 Å². The number of hydrogen-bond acceptors (Lipinski definition) is 4. The number of ether oxygens (including phenoxy) is 1. The van der Waals surface area contributed by atoms with Crippen molar-refractivity contribution < 1.29 is 17.9 Å². The predicted octanol–water partition coefficient (Wildman–Crippen LogP) is 2.07. The van der Waals surface area contributed by atoms with E-state index in [0.717, 1.165) is 25.7 Å². The van der Waals surface area contributed by atoms with Crippen LogP contribution in [0, 0.1) is 17.8 Å². The Labute approximate surface area is 127 Å². The summed E-state index contributed by atoms with van der Waals surface area (Å²) in [5.41, 5.74) is 0. The molecule has 21 heavy (non-hydrogen) atoms. The number of carbonyl (C=O) groups is 1. The summed E-state index contributed by atoms with van der Waals surface area (Å²) in [6.45, 7) is 4.28. The third-order valence-electron chi connectivity index (χ3n) is 5.42. The second-order valence-corrected chi connectivity index (χ2v) is 8.40. The van der Waals surface area contributed by atoms with Gasteiger partial charge < -0.3 is 4.74 Å². The average Bonchev–Trinajstić information content (AvgIpc) is 3.06. The lowest BCUT2D eigenvalue weighted by molar-refractivity contribution is -0.145. The van der Waals surface area contributed by atoms with E-state index in [1.165, 1.54) is 7.11 Å². The van der Waals surface area contributed by atoms with Crippen molar-refractivity contribution in [3.8, 4) is 0 Å². The van der Waals surface area contributed by atoms with E-state index in [-0.39, 0.29) is 6.04 Å². The number of sulfonamides is 1. The maximum absolute atomic E-state index is 12.6. The minimum absolute atomic E-state index is 0.0128. The first-order valence-corrected chi connectivity index (χ1v) is 9.54. The Morgan fingerprint density at radius 3 is 2.52 bits per heavy atom. The largest absolute Gasteiger partial charge is 0.469 e. The van der Waals surface area contributed by atoms with Gasteiger partial charge in [0.2, 0.25) is 10.0 Å². The van der Waals surface area contributed by atoms with Crippen molar-refractivity contribution in [2.24, 2.45) is 17.8 Å². The van der Waals surface area contributed by atoms with Crippen molar-refractivity contribution in [3.63, 3.8) is 0 Å². The number of rotatable bonds is 5. The molecule has 2 aliphatic carbocycles. The van der Waals surface area contributed by atoms with Crippen molar-refractivity contribution >= 4 is 16.0 Å². The Hall–Kier alpha value is -0.620. The van der Waals surface area contributed by atoms with Crippen LogP contribution in [-0.4, -0.2) is 32.8 Å². The number of nitrogens with one attached hydrogen (secondary N) is 1. The van der Waals surface area contributed by atoms with Crippen molar-refractivity contribution in [1.82, 2.24) is 4.72 Å². The lowest BCUT2D eigenvalue weighted by Gasteiger charge is -2.24. The smallest absolute Gasteiger partial charge is 0.310 e. The Morgan fingerprint density at radius 1 is 1.24 bits per heavy atom. The molecule has 0 heterocycles. The Bertz CT molecular complexity index is 476. The van der Waals surface area contributed by atoms with E-state index in [4.69, 9.17) is 4.74 Å². The molecule has 0 bridgehead atoms. The van der Waals surface area contributed by atoms with Crippen LogP contribution in [0.5, 0.6) is 0 Å². The Balaban J connectivity index is 2.06. The molecule has 0 aromatic rings. The molecule has 5 unspecified atom stereocenters. The summed E-state index contributed by atoms with van der Waals surface area (Å²) < 4.78 is 32.9. The van der Waals surface area contributed by atoms with Crippen LogP contribution in [0.4, 0.5) is 0 Å². The van der Waals surface area contributed by atoms with E-state index in [1.54, 1.807) is 0 Å². The van der Waals surface area contributed by atoms with Gasteiger partial charge in [0.25, 0.3) is 0 Å². The van der Waals surface area contributed by atoms with Gasteiger partial charge in [-0.3, -0.25) is 4.79 Å². The van der Waals surface area contributed by atoms with Crippen molar-refractivity contribution in [1.29, 1.82) is 0 Å². The minimum atomic E-state index is -3.46. The van der Waals surface area contributed by atoms with Gasteiger partial charge in [-0.05, 0) is 37.5 Å². The number of esters is 1. The van der Waals surface area contributed by atoms with Gasteiger partial charge in [0, 0.05) is 6.04 Å². The number of carbonyl (C=O) groups excluding carboxylic acids is 1. The maximum atomic E-state index is 12.6. The summed E-state index contributed by atoms with van der Waals surface area (Å²) in [5.74, 6) is 0.0559. The molecule has 2 aliphatic rings. The zero-order valence-electron chi connectivity index (χ0n) is 13.2. The summed E-state index contributed by atoms with van der Waals surface area (Å²) in [6.07, 6.45) is 4.99. The highest BCUT2D eigenvalue weighted by Gasteiger charge is 2.44. The van der Waals surface area contributed by atoms with E-state index in [2.05, 4.69) is 18.6 Å². The Kier molecular flexibility index (Phi) is 5.30. The molecule has 0 aliphatic heterocycles. The highest BCUT2D eigenvalue weighted by Crippen LogP contribution is 2.36. The van der Waals surface area contributed by atoms with Gasteiger partial charge in [-0.2, -0.15) is 0 Å². The van der Waals surface area contributed by atoms with Crippen LogP contribution in [-0.2, 0) is 19.6 Å². The van der Waals surface area contributed by atoms with Crippen molar-refractivity contribution in [2.45, 2.75) is 63.7 Å². The summed E-state index contributed by atoms with van der Waals surface area (Å²) >= 11 is 0. The second-order valence-electron chi connectivity index (χ2n) is 6.47. The first kappa shape index (κ1) is 16.7. The summed E-state index contributed by atoms with van der Waals surface area (Å²) in [4.78, 5) is 11.8. The highest BCUT2D eigenvalue weighted by molar-refractivity contribution is 7.90. The fourth-order valence-corrected chi connectivity index (χ4v) is 6.09. The fourth-order valence-electron chi connectivity index (χ4n) is 4.01. The van der Waals surface area contributed by atoms with Crippen molar-refractivity contribution in [3.05, 3.63) is 0 Å². The van der Waals surface area contributed by atoms with Crippen molar-refractivity contribution in [2.75, 3.05) is 7.11 Å². The topological polar surface area (TPSA) is 72.5 Å². The van der Waals surface area contributed by atoms with E-state index in [0.29, 0.717) is 24.7 Å². The molecule has 0 aromatic heterocycles. The maximum Gasteiger partial charge on any atom is 0.310 e. The van der Waals surface area contributed by atoms with E-state index in [9.17, 15) is 13.2 Å². The zero-order valence-corrected chi connectivity index (χ0v) is 14.0. The van der Waals surface area contributed by atoms with Gasteiger partial charge in [0.05, 0.1) is 18.3 Å². The standard InChI is InChI=1S/C15H27NO4S/c1-4-11-8-9-13(10(11)2)16-21(18,19)14-7-5-6-12(14)15(17)20-3/h10-14,16H,4-9H2,1-3H3. The molecule has 6 heteroatoms. The van der Waals surface area contributed by atoms with Crippen LogP contribution < -0.4 is 4.72 Å². The quantitative estimate of drug-likeness (QED) is 0.788. The van der Waals surface area contributed by atoms with E-state index in [1.807, 2.05) is 0 Å². The molecule has 1 N–H and O–H groups in total. The summed E-state index contributed by atoms with van der Waals surface area (Å²) in [5, 5.41) is -0.627. The molecule has 122 valence electrons. The molecular formula is C15H27NO4S. The molecule has 5 atom stereocenters. The number of methoxy groups -OCH3 is 1. The van der Waals surface area contributed by atoms with Crippen LogP contribution in [0.3, 0.4) is 0 Å². The van der Waals surface area contributed by atoms with Crippen LogP contribution in [0.15, 0.2) is 0 Å². The van der Waals surface area contributed by atoms with Gasteiger partial charge in [-0.25, -0.2) is 13.1 Å². The molecule has 0 aromatic carbocycles. The molecule has 2 fully saturated rings. The lowest BCUT2D eigenvalue weighted by Crippen LogP contribution is -2.45. The normalized spacial score (nSPS) is 36.8. The third-order valence-corrected chi connectivity index (χ3v) is 7.41. The highest BCUT2D eigenvalue weighted by atomic mass is 32.2. The van der Waals surface area contributed by atoms with Gasteiger partial charge in [-0.15, -0.1) is 0 Å². The van der Waals surface area contributed by atoms with Crippen LogP contribution in [0.25, 0.3) is 0 Å².